The zero-order valence-corrected chi connectivity index (χ0v) is 12.1. The molecular formula is C16H18F2N2O2. The van der Waals surface area contributed by atoms with E-state index in [-0.39, 0.29) is 36.5 Å². The predicted molar refractivity (Wildman–Crippen MR) is 75.2 cm³/mol. The first-order valence-electron chi connectivity index (χ1n) is 7.75. The Bertz CT molecular complexity index is 610. The molecule has 1 aromatic rings. The minimum absolute atomic E-state index is 0.0349. The predicted octanol–water partition coefficient (Wildman–Crippen LogP) is 1.37. The topological polar surface area (TPSA) is 41.6 Å². The van der Waals surface area contributed by atoms with Gasteiger partial charge in [-0.25, -0.2) is 8.78 Å². The van der Waals surface area contributed by atoms with E-state index in [0.29, 0.717) is 30.5 Å². The molecule has 1 amide bonds. The monoisotopic (exact) mass is 308 g/mol. The SMILES string of the molecule is O=C([C@@H]1C[C@@H]2OCC[C@@H]2N1)N1CCc2c(F)ccc(F)c2C1. The van der Waals surface area contributed by atoms with Gasteiger partial charge < -0.3 is 15.0 Å². The number of hydrogen-bond donors (Lipinski definition) is 1. The summed E-state index contributed by atoms with van der Waals surface area (Å²) in [7, 11) is 0. The van der Waals surface area contributed by atoms with Crippen LogP contribution in [-0.2, 0) is 22.5 Å². The van der Waals surface area contributed by atoms with E-state index in [0.717, 1.165) is 25.2 Å². The fourth-order valence-corrected chi connectivity index (χ4v) is 3.80. The molecule has 6 heteroatoms. The number of fused-ring (bicyclic) bond motifs is 2. The van der Waals surface area contributed by atoms with Crippen LogP contribution < -0.4 is 5.32 Å². The van der Waals surface area contributed by atoms with E-state index in [9.17, 15) is 13.6 Å². The van der Waals surface area contributed by atoms with Gasteiger partial charge in [0.05, 0.1) is 12.1 Å². The average Bonchev–Trinajstić information content (AvgIpc) is 3.11. The van der Waals surface area contributed by atoms with Crippen molar-refractivity contribution in [2.75, 3.05) is 13.2 Å². The molecule has 1 N–H and O–H groups in total. The minimum atomic E-state index is -0.437. The van der Waals surface area contributed by atoms with E-state index >= 15 is 0 Å². The maximum Gasteiger partial charge on any atom is 0.240 e. The number of nitrogens with zero attached hydrogens (tertiary/aromatic N) is 1. The highest BCUT2D eigenvalue weighted by Gasteiger charge is 2.42. The normalized spacial score (nSPS) is 30.3. The Morgan fingerprint density at radius 1 is 1.27 bits per heavy atom. The number of rotatable bonds is 1. The second-order valence-corrected chi connectivity index (χ2v) is 6.26. The van der Waals surface area contributed by atoms with E-state index in [2.05, 4.69) is 5.32 Å². The highest BCUT2D eigenvalue weighted by Crippen LogP contribution is 2.29. The van der Waals surface area contributed by atoms with E-state index in [1.807, 2.05) is 0 Å². The van der Waals surface area contributed by atoms with Gasteiger partial charge in [-0.1, -0.05) is 0 Å². The Kier molecular flexibility index (Phi) is 3.38. The Balaban J connectivity index is 1.50. The molecule has 3 aliphatic rings. The second-order valence-electron chi connectivity index (χ2n) is 6.26. The largest absolute Gasteiger partial charge is 0.376 e. The van der Waals surface area contributed by atoms with Crippen LogP contribution in [-0.4, -0.2) is 42.1 Å². The number of nitrogens with one attached hydrogen (secondary N) is 1. The van der Waals surface area contributed by atoms with Gasteiger partial charge in [-0.3, -0.25) is 4.79 Å². The summed E-state index contributed by atoms with van der Waals surface area (Å²) in [6, 6.07) is 2.27. The van der Waals surface area contributed by atoms with Crippen molar-refractivity contribution in [3.8, 4) is 0 Å². The summed E-state index contributed by atoms with van der Waals surface area (Å²) in [6.07, 6.45) is 2.07. The summed E-state index contributed by atoms with van der Waals surface area (Å²) in [5.41, 5.74) is 0.720. The standard InChI is InChI=1S/C16H18F2N2O2/c17-11-1-2-12(18)10-8-20(5-3-9(10)11)16(21)14-7-15-13(19-14)4-6-22-15/h1-2,13-15,19H,3-8H2/t13-,14-,15-/m0/s1. The molecule has 3 heterocycles. The lowest BCUT2D eigenvalue weighted by Crippen LogP contribution is -2.47. The molecule has 0 spiro atoms. The van der Waals surface area contributed by atoms with Crippen LogP contribution in [0, 0.1) is 11.6 Å². The van der Waals surface area contributed by atoms with E-state index in [1.165, 1.54) is 0 Å². The molecule has 0 unspecified atom stereocenters. The van der Waals surface area contributed by atoms with Crippen molar-refractivity contribution < 1.29 is 18.3 Å². The van der Waals surface area contributed by atoms with Crippen molar-refractivity contribution in [3.05, 3.63) is 34.9 Å². The highest BCUT2D eigenvalue weighted by molar-refractivity contribution is 5.82. The van der Waals surface area contributed by atoms with Crippen molar-refractivity contribution in [3.63, 3.8) is 0 Å². The summed E-state index contributed by atoms with van der Waals surface area (Å²) < 4.78 is 33.2. The fourth-order valence-electron chi connectivity index (χ4n) is 3.80. The van der Waals surface area contributed by atoms with Gasteiger partial charge in [0.2, 0.25) is 5.91 Å². The van der Waals surface area contributed by atoms with Crippen LogP contribution in [0.1, 0.15) is 24.0 Å². The van der Waals surface area contributed by atoms with Gasteiger partial charge >= 0.3 is 0 Å². The van der Waals surface area contributed by atoms with Gasteiger partial charge in [-0.15, -0.1) is 0 Å². The summed E-state index contributed by atoms with van der Waals surface area (Å²) in [6.45, 7) is 1.32. The molecule has 4 nitrogen and oxygen atoms in total. The number of amides is 1. The molecule has 2 saturated heterocycles. The molecule has 3 atom stereocenters. The third-order valence-corrected chi connectivity index (χ3v) is 5.00. The van der Waals surface area contributed by atoms with Crippen LogP contribution in [0.3, 0.4) is 0 Å². The Labute approximate surface area is 127 Å². The van der Waals surface area contributed by atoms with Crippen molar-refractivity contribution in [1.82, 2.24) is 10.2 Å². The zero-order valence-electron chi connectivity index (χ0n) is 12.1. The lowest BCUT2D eigenvalue weighted by atomic mass is 9.98. The van der Waals surface area contributed by atoms with Gasteiger partial charge in [0.1, 0.15) is 11.6 Å². The van der Waals surface area contributed by atoms with Crippen molar-refractivity contribution >= 4 is 5.91 Å². The van der Waals surface area contributed by atoms with Gasteiger partial charge in [-0.05, 0) is 37.0 Å². The molecule has 1 aromatic carbocycles. The molecule has 118 valence electrons. The van der Waals surface area contributed by atoms with Crippen LogP contribution >= 0.6 is 0 Å². The van der Waals surface area contributed by atoms with Gasteiger partial charge in [0, 0.05) is 31.3 Å². The fraction of sp³-hybridized carbons (Fsp3) is 0.562. The van der Waals surface area contributed by atoms with Crippen LogP contribution in [0.15, 0.2) is 12.1 Å². The van der Waals surface area contributed by atoms with E-state index in [4.69, 9.17) is 4.74 Å². The number of ether oxygens (including phenoxy) is 1. The number of hydrogen-bond acceptors (Lipinski definition) is 3. The highest BCUT2D eigenvalue weighted by atomic mass is 19.1. The first kappa shape index (κ1) is 14.1. The third kappa shape index (κ3) is 2.21. The summed E-state index contributed by atoms with van der Waals surface area (Å²) >= 11 is 0. The molecule has 4 rings (SSSR count). The van der Waals surface area contributed by atoms with Crippen LogP contribution in [0.4, 0.5) is 8.78 Å². The van der Waals surface area contributed by atoms with Crippen molar-refractivity contribution in [1.29, 1.82) is 0 Å². The zero-order chi connectivity index (χ0) is 15.3. The number of benzene rings is 1. The first-order valence-corrected chi connectivity index (χ1v) is 7.75. The maximum absolute atomic E-state index is 13.9. The lowest BCUT2D eigenvalue weighted by Gasteiger charge is -2.31. The molecule has 0 saturated carbocycles. The van der Waals surface area contributed by atoms with Crippen LogP contribution in [0.25, 0.3) is 0 Å². The molecule has 0 aromatic heterocycles. The van der Waals surface area contributed by atoms with Crippen LogP contribution in [0.2, 0.25) is 0 Å². The van der Waals surface area contributed by atoms with Gasteiger partial charge in [0.25, 0.3) is 0 Å². The first-order chi connectivity index (χ1) is 10.6. The Hall–Kier alpha value is -1.53. The quantitative estimate of drug-likeness (QED) is 0.852. The summed E-state index contributed by atoms with van der Waals surface area (Å²) in [5, 5.41) is 3.32. The van der Waals surface area contributed by atoms with E-state index in [1.54, 1.807) is 4.90 Å². The van der Waals surface area contributed by atoms with Gasteiger partial charge in [-0.2, -0.15) is 0 Å². The minimum Gasteiger partial charge on any atom is -0.376 e. The van der Waals surface area contributed by atoms with Crippen LogP contribution in [0.5, 0.6) is 0 Å². The number of halogens is 2. The molecule has 22 heavy (non-hydrogen) atoms. The van der Waals surface area contributed by atoms with Gasteiger partial charge in [0.15, 0.2) is 0 Å². The maximum atomic E-state index is 13.9. The number of carbonyl (C=O) groups excluding carboxylic acids is 1. The molecule has 0 radical (unpaired) electrons. The summed E-state index contributed by atoms with van der Waals surface area (Å²) in [5.74, 6) is -0.855. The van der Waals surface area contributed by atoms with Crippen molar-refractivity contribution in [2.45, 2.75) is 44.0 Å². The average molecular weight is 308 g/mol. The van der Waals surface area contributed by atoms with E-state index < -0.39 is 5.82 Å². The third-order valence-electron chi connectivity index (χ3n) is 5.00. The number of carbonyl (C=O) groups is 1. The smallest absolute Gasteiger partial charge is 0.240 e. The molecular weight excluding hydrogens is 290 g/mol. The Morgan fingerprint density at radius 3 is 2.82 bits per heavy atom. The Morgan fingerprint density at radius 2 is 2.05 bits per heavy atom. The van der Waals surface area contributed by atoms with Crippen molar-refractivity contribution in [2.24, 2.45) is 0 Å². The molecule has 3 aliphatic heterocycles. The summed E-state index contributed by atoms with van der Waals surface area (Å²) in [4.78, 5) is 14.3. The molecule has 2 fully saturated rings. The second kappa shape index (κ2) is 5.28. The molecule has 0 aliphatic carbocycles. The molecule has 0 bridgehead atoms. The lowest BCUT2D eigenvalue weighted by molar-refractivity contribution is -0.134.